The molecular weight excluding hydrogens is 238 g/mol. The van der Waals surface area contributed by atoms with Gasteiger partial charge in [-0.2, -0.15) is 0 Å². The van der Waals surface area contributed by atoms with Crippen LogP contribution in [0.3, 0.4) is 0 Å². The molecule has 0 aliphatic rings. The van der Waals surface area contributed by atoms with Crippen LogP contribution >= 0.6 is 0 Å². The van der Waals surface area contributed by atoms with Crippen LogP contribution in [0.25, 0.3) is 0 Å². The van der Waals surface area contributed by atoms with Gasteiger partial charge in [-0.15, -0.1) is 0 Å². The third kappa shape index (κ3) is 3.88. The van der Waals surface area contributed by atoms with Gasteiger partial charge in [-0.3, -0.25) is 4.98 Å². The Morgan fingerprint density at radius 2 is 2.11 bits per heavy atom. The van der Waals surface area contributed by atoms with Gasteiger partial charge in [0.25, 0.3) is 0 Å². The van der Waals surface area contributed by atoms with E-state index in [4.69, 9.17) is 10.5 Å². The summed E-state index contributed by atoms with van der Waals surface area (Å²) in [6, 6.07) is 9.72. The van der Waals surface area contributed by atoms with Crippen LogP contribution in [-0.4, -0.2) is 11.6 Å². The molecule has 0 atom stereocenters. The van der Waals surface area contributed by atoms with Gasteiger partial charge in [0.1, 0.15) is 5.75 Å². The Kier molecular flexibility index (Phi) is 4.23. The number of hydrogen-bond donors (Lipinski definition) is 2. The van der Waals surface area contributed by atoms with Crippen molar-refractivity contribution in [3.8, 4) is 5.75 Å². The average Bonchev–Trinajstić information content (AvgIpc) is 2.38. The van der Waals surface area contributed by atoms with E-state index >= 15 is 0 Å². The standard InChI is InChI=1S/C15H19N3O/c1-3-19-15-7-13(16)6-14(8-15)18-10-12-5-4-11(2)17-9-12/h4-9,18H,3,10,16H2,1-2H3. The lowest BCUT2D eigenvalue weighted by atomic mass is 10.2. The zero-order valence-corrected chi connectivity index (χ0v) is 11.3. The number of pyridine rings is 1. The summed E-state index contributed by atoms with van der Waals surface area (Å²) >= 11 is 0. The van der Waals surface area contributed by atoms with Crippen LogP contribution in [0.2, 0.25) is 0 Å². The Hall–Kier alpha value is -2.23. The number of benzene rings is 1. The first-order chi connectivity index (χ1) is 9.17. The van der Waals surface area contributed by atoms with Crippen molar-refractivity contribution in [2.24, 2.45) is 0 Å². The molecular formula is C15H19N3O. The highest BCUT2D eigenvalue weighted by atomic mass is 16.5. The molecule has 0 amide bonds. The molecule has 0 aliphatic carbocycles. The number of nitrogens with zero attached hydrogens (tertiary/aromatic N) is 1. The van der Waals surface area contributed by atoms with E-state index < -0.39 is 0 Å². The van der Waals surface area contributed by atoms with Crippen molar-refractivity contribution in [2.75, 3.05) is 17.7 Å². The second-order valence-electron chi connectivity index (χ2n) is 4.39. The summed E-state index contributed by atoms with van der Waals surface area (Å²) in [6.45, 7) is 5.27. The van der Waals surface area contributed by atoms with Gasteiger partial charge < -0.3 is 15.8 Å². The lowest BCUT2D eigenvalue weighted by Crippen LogP contribution is -2.02. The lowest BCUT2D eigenvalue weighted by molar-refractivity contribution is 0.340. The van der Waals surface area contributed by atoms with Crippen LogP contribution < -0.4 is 15.8 Å². The molecule has 0 saturated heterocycles. The molecule has 0 bridgehead atoms. The normalized spacial score (nSPS) is 10.2. The van der Waals surface area contributed by atoms with Crippen LogP contribution in [0, 0.1) is 6.92 Å². The average molecular weight is 257 g/mol. The van der Waals surface area contributed by atoms with Crippen molar-refractivity contribution in [3.63, 3.8) is 0 Å². The highest BCUT2D eigenvalue weighted by Gasteiger charge is 2.00. The highest BCUT2D eigenvalue weighted by molar-refractivity contribution is 5.59. The Bertz CT molecular complexity index is 538. The van der Waals surface area contributed by atoms with Gasteiger partial charge >= 0.3 is 0 Å². The quantitative estimate of drug-likeness (QED) is 0.808. The van der Waals surface area contributed by atoms with Crippen LogP contribution in [0.1, 0.15) is 18.2 Å². The molecule has 1 aromatic heterocycles. The minimum atomic E-state index is 0.630. The predicted molar refractivity (Wildman–Crippen MR) is 78.3 cm³/mol. The number of aryl methyl sites for hydroxylation is 1. The van der Waals surface area contributed by atoms with Crippen molar-refractivity contribution in [3.05, 3.63) is 47.8 Å². The van der Waals surface area contributed by atoms with Crippen molar-refractivity contribution in [2.45, 2.75) is 20.4 Å². The molecule has 0 saturated carbocycles. The summed E-state index contributed by atoms with van der Waals surface area (Å²) in [7, 11) is 0. The molecule has 4 nitrogen and oxygen atoms in total. The molecule has 1 aromatic carbocycles. The van der Waals surface area contributed by atoms with Crippen molar-refractivity contribution in [1.82, 2.24) is 4.98 Å². The summed E-state index contributed by atoms with van der Waals surface area (Å²) in [5, 5.41) is 3.32. The van der Waals surface area contributed by atoms with E-state index in [1.54, 1.807) is 0 Å². The zero-order chi connectivity index (χ0) is 13.7. The van der Waals surface area contributed by atoms with Crippen LogP contribution in [0.15, 0.2) is 36.5 Å². The van der Waals surface area contributed by atoms with Gasteiger partial charge in [0.15, 0.2) is 0 Å². The molecule has 0 fully saturated rings. The summed E-state index contributed by atoms with van der Waals surface area (Å²) in [4.78, 5) is 4.27. The van der Waals surface area contributed by atoms with Crippen LogP contribution in [0.4, 0.5) is 11.4 Å². The number of hydrogen-bond acceptors (Lipinski definition) is 4. The Morgan fingerprint density at radius 3 is 2.79 bits per heavy atom. The minimum Gasteiger partial charge on any atom is -0.494 e. The van der Waals surface area contributed by atoms with E-state index in [9.17, 15) is 0 Å². The topological polar surface area (TPSA) is 60.2 Å². The predicted octanol–water partition coefficient (Wildman–Crippen LogP) is 2.98. The minimum absolute atomic E-state index is 0.630. The molecule has 0 spiro atoms. The van der Waals surface area contributed by atoms with Gasteiger partial charge in [-0.25, -0.2) is 0 Å². The number of anilines is 2. The molecule has 19 heavy (non-hydrogen) atoms. The molecule has 2 aromatic rings. The monoisotopic (exact) mass is 257 g/mol. The van der Waals surface area contributed by atoms with Crippen molar-refractivity contribution < 1.29 is 4.74 Å². The van der Waals surface area contributed by atoms with E-state index in [0.717, 1.165) is 22.7 Å². The Balaban J connectivity index is 2.04. The van der Waals surface area contributed by atoms with E-state index in [0.29, 0.717) is 18.8 Å². The molecule has 100 valence electrons. The number of nitrogen functional groups attached to an aromatic ring is 1. The first kappa shape index (κ1) is 13.2. The third-order valence-corrected chi connectivity index (χ3v) is 2.71. The van der Waals surface area contributed by atoms with Crippen LogP contribution in [-0.2, 0) is 6.54 Å². The first-order valence-corrected chi connectivity index (χ1v) is 6.36. The fourth-order valence-electron chi connectivity index (χ4n) is 1.78. The van der Waals surface area contributed by atoms with Gasteiger partial charge in [0, 0.05) is 41.9 Å². The number of nitrogens with one attached hydrogen (secondary N) is 1. The number of nitrogens with two attached hydrogens (primary N) is 1. The van der Waals surface area contributed by atoms with E-state index in [1.165, 1.54) is 0 Å². The largest absolute Gasteiger partial charge is 0.494 e. The summed E-state index contributed by atoms with van der Waals surface area (Å²) in [6.07, 6.45) is 1.87. The molecule has 0 unspecified atom stereocenters. The van der Waals surface area contributed by atoms with E-state index in [-0.39, 0.29) is 0 Å². The fourth-order valence-corrected chi connectivity index (χ4v) is 1.78. The molecule has 3 N–H and O–H groups in total. The molecule has 2 rings (SSSR count). The fraction of sp³-hybridized carbons (Fsp3) is 0.267. The van der Waals surface area contributed by atoms with Crippen molar-refractivity contribution in [1.29, 1.82) is 0 Å². The lowest BCUT2D eigenvalue weighted by Gasteiger charge is -2.10. The maximum absolute atomic E-state index is 5.85. The maximum Gasteiger partial charge on any atom is 0.123 e. The van der Waals surface area contributed by atoms with E-state index in [1.807, 2.05) is 44.3 Å². The first-order valence-electron chi connectivity index (χ1n) is 6.36. The smallest absolute Gasteiger partial charge is 0.123 e. The highest BCUT2D eigenvalue weighted by Crippen LogP contribution is 2.23. The van der Waals surface area contributed by atoms with Gasteiger partial charge in [-0.1, -0.05) is 6.07 Å². The summed E-state index contributed by atoms with van der Waals surface area (Å²) in [5.41, 5.74) is 9.63. The second-order valence-corrected chi connectivity index (χ2v) is 4.39. The Morgan fingerprint density at radius 1 is 1.26 bits per heavy atom. The van der Waals surface area contributed by atoms with Crippen LogP contribution in [0.5, 0.6) is 5.75 Å². The molecule has 1 heterocycles. The number of ether oxygens (including phenoxy) is 1. The SMILES string of the molecule is CCOc1cc(N)cc(NCc2ccc(C)nc2)c1. The number of aromatic nitrogens is 1. The zero-order valence-electron chi connectivity index (χ0n) is 11.3. The van der Waals surface area contributed by atoms with Gasteiger partial charge in [0.2, 0.25) is 0 Å². The summed E-state index contributed by atoms with van der Waals surface area (Å²) < 4.78 is 5.46. The second kappa shape index (κ2) is 6.09. The Labute approximate surface area is 113 Å². The van der Waals surface area contributed by atoms with Gasteiger partial charge in [-0.05, 0) is 31.5 Å². The maximum atomic E-state index is 5.85. The molecule has 4 heteroatoms. The van der Waals surface area contributed by atoms with Gasteiger partial charge in [0.05, 0.1) is 6.61 Å². The molecule has 0 aliphatic heterocycles. The van der Waals surface area contributed by atoms with Crippen molar-refractivity contribution >= 4 is 11.4 Å². The third-order valence-electron chi connectivity index (χ3n) is 2.71. The summed E-state index contributed by atoms with van der Waals surface area (Å²) in [5.74, 6) is 0.784. The van der Waals surface area contributed by atoms with E-state index in [2.05, 4.69) is 16.4 Å². The number of rotatable bonds is 5. The molecule has 0 radical (unpaired) electrons.